The topological polar surface area (TPSA) is 38.9 Å². The number of fused-ring (bicyclic) bond motifs is 1. The molecule has 96 valence electrons. The highest BCUT2D eigenvalue weighted by Crippen LogP contribution is 2.32. The normalized spacial score (nSPS) is 13.8. The molecule has 18 heavy (non-hydrogen) atoms. The van der Waals surface area contributed by atoms with Crippen LogP contribution >= 0.6 is 11.6 Å². The molecule has 6 heteroatoms. The fraction of sp³-hybridized carbons (Fsp3) is 0.250. The molecule has 0 saturated carbocycles. The summed E-state index contributed by atoms with van der Waals surface area (Å²) in [7, 11) is 0. The van der Waals surface area contributed by atoms with Crippen LogP contribution in [0.3, 0.4) is 0 Å². The molecule has 1 aromatic heterocycles. The maximum atomic E-state index is 12.3. The van der Waals surface area contributed by atoms with Gasteiger partial charge in [-0.15, -0.1) is 0 Å². The number of rotatable bonds is 2. The van der Waals surface area contributed by atoms with E-state index in [0.717, 1.165) is 5.39 Å². The van der Waals surface area contributed by atoms with Gasteiger partial charge in [-0.1, -0.05) is 29.8 Å². The van der Waals surface area contributed by atoms with Crippen LogP contribution in [0.5, 0.6) is 0 Å². The zero-order valence-corrected chi connectivity index (χ0v) is 9.96. The van der Waals surface area contributed by atoms with Crippen LogP contribution in [0.1, 0.15) is 18.0 Å². The molecule has 0 aliphatic heterocycles. The van der Waals surface area contributed by atoms with Gasteiger partial charge < -0.3 is 5.73 Å². The zero-order valence-electron chi connectivity index (χ0n) is 9.21. The van der Waals surface area contributed by atoms with Crippen LogP contribution in [-0.2, 0) is 0 Å². The quantitative estimate of drug-likeness (QED) is 0.845. The van der Waals surface area contributed by atoms with Crippen molar-refractivity contribution in [2.75, 3.05) is 0 Å². The zero-order chi connectivity index (χ0) is 13.3. The molecule has 2 rings (SSSR count). The van der Waals surface area contributed by atoms with E-state index in [1.807, 2.05) is 0 Å². The molecule has 0 radical (unpaired) electrons. The molecule has 1 heterocycles. The average Bonchev–Trinajstić information content (AvgIpc) is 2.25. The first-order chi connectivity index (χ1) is 8.37. The molecule has 2 aromatic rings. The molecule has 0 aliphatic rings. The Hall–Kier alpha value is -1.33. The van der Waals surface area contributed by atoms with Crippen LogP contribution in [0.15, 0.2) is 30.3 Å². The predicted octanol–water partition coefficient (Wildman–Crippen LogP) is 3.84. The van der Waals surface area contributed by atoms with E-state index >= 15 is 0 Å². The van der Waals surface area contributed by atoms with Crippen molar-refractivity contribution < 1.29 is 13.2 Å². The Morgan fingerprint density at radius 1 is 1.28 bits per heavy atom. The van der Waals surface area contributed by atoms with Gasteiger partial charge in [-0.2, -0.15) is 13.2 Å². The minimum atomic E-state index is -4.33. The highest BCUT2D eigenvalue weighted by Gasteiger charge is 2.32. The SMILES string of the molecule is N[C@H](CC(F)(F)F)c1cc2ccccc2nc1Cl. The molecule has 0 unspecified atom stereocenters. The number of pyridine rings is 1. The number of halogens is 4. The fourth-order valence-electron chi connectivity index (χ4n) is 1.73. The second-order valence-electron chi connectivity index (χ2n) is 3.99. The van der Waals surface area contributed by atoms with Gasteiger partial charge in [-0.25, -0.2) is 4.98 Å². The first kappa shape index (κ1) is 13.1. The molecule has 0 fully saturated rings. The molecule has 2 nitrogen and oxygen atoms in total. The third kappa shape index (κ3) is 2.91. The number of alkyl halides is 3. The molecule has 0 spiro atoms. The molecule has 0 bridgehead atoms. The molecule has 0 amide bonds. The van der Waals surface area contributed by atoms with Gasteiger partial charge in [0, 0.05) is 17.0 Å². The number of aromatic nitrogens is 1. The molecule has 0 saturated heterocycles. The first-order valence-electron chi connectivity index (χ1n) is 5.24. The van der Waals surface area contributed by atoms with Crippen LogP contribution in [0.25, 0.3) is 10.9 Å². The Labute approximate surface area is 107 Å². The number of hydrogen-bond acceptors (Lipinski definition) is 2. The standard InChI is InChI=1S/C12H10ClF3N2/c13-11-8(9(17)6-12(14,15)16)5-7-3-1-2-4-10(7)18-11/h1-5,9H,6,17H2/t9-/m1/s1. The summed E-state index contributed by atoms with van der Waals surface area (Å²) in [5.74, 6) is 0. The van der Waals surface area contributed by atoms with Gasteiger partial charge in [0.2, 0.25) is 0 Å². The van der Waals surface area contributed by atoms with Crippen LogP contribution < -0.4 is 5.73 Å². The van der Waals surface area contributed by atoms with E-state index in [0.29, 0.717) is 5.52 Å². The van der Waals surface area contributed by atoms with Crippen LogP contribution in [0.2, 0.25) is 5.15 Å². The minimum Gasteiger partial charge on any atom is -0.324 e. The lowest BCUT2D eigenvalue weighted by Crippen LogP contribution is -2.20. The van der Waals surface area contributed by atoms with E-state index in [-0.39, 0.29) is 10.7 Å². The van der Waals surface area contributed by atoms with Crippen molar-refractivity contribution in [3.05, 3.63) is 41.0 Å². The summed E-state index contributed by atoms with van der Waals surface area (Å²) in [6, 6.07) is 7.40. The first-order valence-corrected chi connectivity index (χ1v) is 5.62. The molecule has 1 aromatic carbocycles. The Kier molecular flexibility index (Phi) is 3.45. The van der Waals surface area contributed by atoms with Crippen molar-refractivity contribution in [1.82, 2.24) is 4.98 Å². The number of nitrogens with zero attached hydrogens (tertiary/aromatic N) is 1. The fourth-order valence-corrected chi connectivity index (χ4v) is 2.01. The third-order valence-corrected chi connectivity index (χ3v) is 2.86. The summed E-state index contributed by atoms with van der Waals surface area (Å²) in [5, 5.41) is 0.736. The van der Waals surface area contributed by atoms with E-state index in [1.165, 1.54) is 0 Å². The Balaban J connectivity index is 2.41. The van der Waals surface area contributed by atoms with Crippen LogP contribution in [0.4, 0.5) is 13.2 Å². The summed E-state index contributed by atoms with van der Waals surface area (Å²) in [6.07, 6.45) is -5.44. The van der Waals surface area contributed by atoms with Crippen molar-refractivity contribution in [3.63, 3.8) is 0 Å². The Morgan fingerprint density at radius 2 is 1.94 bits per heavy atom. The number of para-hydroxylation sites is 1. The average molecular weight is 275 g/mol. The van der Waals surface area contributed by atoms with E-state index in [9.17, 15) is 13.2 Å². The lowest BCUT2D eigenvalue weighted by atomic mass is 10.0. The number of hydrogen-bond donors (Lipinski definition) is 1. The van der Waals surface area contributed by atoms with Crippen LogP contribution in [0, 0.1) is 0 Å². The number of nitrogens with two attached hydrogens (primary N) is 1. The second kappa shape index (κ2) is 4.74. The van der Waals surface area contributed by atoms with E-state index in [2.05, 4.69) is 4.98 Å². The van der Waals surface area contributed by atoms with Gasteiger partial charge in [0.25, 0.3) is 0 Å². The Morgan fingerprint density at radius 3 is 2.61 bits per heavy atom. The summed E-state index contributed by atoms with van der Waals surface area (Å²) in [4.78, 5) is 4.04. The maximum absolute atomic E-state index is 12.3. The molecule has 0 aliphatic carbocycles. The van der Waals surface area contributed by atoms with E-state index in [1.54, 1.807) is 30.3 Å². The minimum absolute atomic E-state index is 0.0189. The molecule has 2 N–H and O–H groups in total. The molecule has 1 atom stereocenters. The monoisotopic (exact) mass is 274 g/mol. The highest BCUT2D eigenvalue weighted by atomic mass is 35.5. The van der Waals surface area contributed by atoms with Gasteiger partial charge in [-0.3, -0.25) is 0 Å². The van der Waals surface area contributed by atoms with Gasteiger partial charge in [0.1, 0.15) is 5.15 Å². The predicted molar refractivity (Wildman–Crippen MR) is 64.4 cm³/mol. The summed E-state index contributed by atoms with van der Waals surface area (Å²) < 4.78 is 36.9. The number of benzene rings is 1. The van der Waals surface area contributed by atoms with Gasteiger partial charge >= 0.3 is 6.18 Å². The van der Waals surface area contributed by atoms with Gasteiger partial charge in [0.05, 0.1) is 11.9 Å². The van der Waals surface area contributed by atoms with Crippen molar-refractivity contribution in [3.8, 4) is 0 Å². The van der Waals surface area contributed by atoms with E-state index < -0.39 is 18.6 Å². The van der Waals surface area contributed by atoms with E-state index in [4.69, 9.17) is 17.3 Å². The maximum Gasteiger partial charge on any atom is 0.390 e. The summed E-state index contributed by atoms with van der Waals surface area (Å²) >= 11 is 5.87. The summed E-state index contributed by atoms with van der Waals surface area (Å²) in [6.45, 7) is 0. The molecular weight excluding hydrogens is 265 g/mol. The lowest BCUT2D eigenvalue weighted by molar-refractivity contribution is -0.138. The Bertz CT molecular complexity index is 569. The smallest absolute Gasteiger partial charge is 0.324 e. The largest absolute Gasteiger partial charge is 0.390 e. The van der Waals surface area contributed by atoms with Crippen molar-refractivity contribution in [1.29, 1.82) is 0 Å². The van der Waals surface area contributed by atoms with Crippen molar-refractivity contribution in [2.24, 2.45) is 5.73 Å². The molecular formula is C12H10ClF3N2. The van der Waals surface area contributed by atoms with Crippen LogP contribution in [-0.4, -0.2) is 11.2 Å². The van der Waals surface area contributed by atoms with Gasteiger partial charge in [0.15, 0.2) is 0 Å². The lowest BCUT2D eigenvalue weighted by Gasteiger charge is -2.15. The van der Waals surface area contributed by atoms with Gasteiger partial charge in [-0.05, 0) is 12.1 Å². The summed E-state index contributed by atoms with van der Waals surface area (Å²) in [5.41, 5.74) is 6.37. The van der Waals surface area contributed by atoms with Crippen molar-refractivity contribution in [2.45, 2.75) is 18.6 Å². The third-order valence-electron chi connectivity index (χ3n) is 2.56. The van der Waals surface area contributed by atoms with Crippen molar-refractivity contribution >= 4 is 22.5 Å². The second-order valence-corrected chi connectivity index (χ2v) is 4.34. The highest BCUT2D eigenvalue weighted by molar-refractivity contribution is 6.30.